The number of aliphatic hydroxyl groups excluding tert-OH is 1. The van der Waals surface area contributed by atoms with Gasteiger partial charge in [-0.05, 0) is 32.6 Å². The first-order valence-electron chi connectivity index (χ1n) is 16.7. The summed E-state index contributed by atoms with van der Waals surface area (Å²) in [5.74, 6) is -2.94. The fourth-order valence-corrected chi connectivity index (χ4v) is 8.21. The second kappa shape index (κ2) is 17.2. The van der Waals surface area contributed by atoms with Crippen LogP contribution in [0.3, 0.4) is 0 Å². The lowest BCUT2D eigenvalue weighted by atomic mass is 9.70. The van der Waals surface area contributed by atoms with Crippen LogP contribution in [0.2, 0.25) is 0 Å². The van der Waals surface area contributed by atoms with Crippen LogP contribution in [0.25, 0.3) is 0 Å². The third kappa shape index (κ3) is 8.21. The highest BCUT2D eigenvalue weighted by Crippen LogP contribution is 2.60. The number of esters is 1. The molecular formula is C33H51BrN4O8. The largest absolute Gasteiger partial charge is 0.460 e. The summed E-state index contributed by atoms with van der Waals surface area (Å²) >= 11 is 3.71. The number of likely N-dealkylation sites (tertiary alicyclic amines) is 1. The van der Waals surface area contributed by atoms with Gasteiger partial charge in [-0.1, -0.05) is 40.9 Å². The Hall–Kier alpha value is -2.32. The quantitative estimate of drug-likeness (QED) is 0.0887. The standard InChI is InChI=1S/C33H51BrN4O8/c1-4-6-11-25(40)35-22-23(3)45-32(43)26-27-30(41)38(13-9-7-8-10-18-39)29(33(27)21-24(34)28(26)46-33)31(42)37(12-5-2)15-14-36-16-19-44-20-17-36/h4-5,23-24,26-29,39H,1-2,6-22H2,3H3,(H,35,40)/t23-,24?,26+,27-,28+,29+,33-/m1/s1. The van der Waals surface area contributed by atoms with Crippen LogP contribution in [-0.2, 0) is 33.4 Å². The zero-order valence-corrected chi connectivity index (χ0v) is 28.7. The molecule has 1 spiro atoms. The van der Waals surface area contributed by atoms with E-state index in [0.29, 0.717) is 71.5 Å². The van der Waals surface area contributed by atoms with Gasteiger partial charge in [-0.2, -0.15) is 0 Å². The van der Waals surface area contributed by atoms with E-state index in [2.05, 4.69) is 39.3 Å². The van der Waals surface area contributed by atoms with Crippen molar-refractivity contribution in [3.8, 4) is 0 Å². The smallest absolute Gasteiger partial charge is 0.312 e. The van der Waals surface area contributed by atoms with Gasteiger partial charge in [-0.15, -0.1) is 13.2 Å². The van der Waals surface area contributed by atoms with E-state index in [0.717, 1.165) is 25.9 Å². The summed E-state index contributed by atoms with van der Waals surface area (Å²) in [4.78, 5) is 60.1. The number of amides is 3. The number of halogens is 1. The van der Waals surface area contributed by atoms with Crippen LogP contribution in [0.4, 0.5) is 0 Å². The van der Waals surface area contributed by atoms with Crippen LogP contribution in [0, 0.1) is 11.8 Å². The molecule has 1 unspecified atom stereocenters. The molecule has 7 atom stereocenters. The van der Waals surface area contributed by atoms with Crippen LogP contribution in [0.5, 0.6) is 0 Å². The molecule has 0 aromatic carbocycles. The summed E-state index contributed by atoms with van der Waals surface area (Å²) in [6.45, 7) is 14.2. The Bertz CT molecular complexity index is 1100. The first-order valence-corrected chi connectivity index (χ1v) is 17.6. The molecule has 0 aliphatic carbocycles. The number of fused-ring (bicyclic) bond motifs is 1. The van der Waals surface area contributed by atoms with Crippen molar-refractivity contribution in [2.24, 2.45) is 11.8 Å². The number of nitrogens with zero attached hydrogens (tertiary/aromatic N) is 3. The van der Waals surface area contributed by atoms with Crippen molar-refractivity contribution >= 4 is 39.6 Å². The average molecular weight is 712 g/mol. The molecule has 4 rings (SSSR count). The lowest BCUT2D eigenvalue weighted by molar-refractivity contribution is -0.159. The molecule has 0 aromatic rings. The summed E-state index contributed by atoms with van der Waals surface area (Å²) in [7, 11) is 0. The zero-order valence-electron chi connectivity index (χ0n) is 27.1. The molecule has 4 fully saturated rings. The maximum Gasteiger partial charge on any atom is 0.312 e. The fraction of sp³-hybridized carbons (Fsp3) is 0.758. The average Bonchev–Trinajstić information content (AvgIpc) is 3.64. The van der Waals surface area contributed by atoms with Crippen molar-refractivity contribution < 1.29 is 38.5 Å². The second-order valence-electron chi connectivity index (χ2n) is 12.7. The molecule has 4 aliphatic heterocycles. The zero-order chi connectivity index (χ0) is 33.3. The lowest BCUT2D eigenvalue weighted by Gasteiger charge is -2.38. The Balaban J connectivity index is 1.55. The van der Waals surface area contributed by atoms with Crippen LogP contribution < -0.4 is 5.32 Å². The van der Waals surface area contributed by atoms with Crippen molar-refractivity contribution in [3.05, 3.63) is 25.3 Å². The van der Waals surface area contributed by atoms with Gasteiger partial charge in [0.2, 0.25) is 17.7 Å². The molecule has 12 nitrogen and oxygen atoms in total. The molecule has 4 heterocycles. The molecule has 46 heavy (non-hydrogen) atoms. The van der Waals surface area contributed by atoms with E-state index in [1.165, 1.54) is 0 Å². The van der Waals surface area contributed by atoms with Crippen LogP contribution in [0.15, 0.2) is 25.3 Å². The highest BCUT2D eigenvalue weighted by atomic mass is 79.9. The summed E-state index contributed by atoms with van der Waals surface area (Å²) in [5.41, 5.74) is -1.18. The summed E-state index contributed by atoms with van der Waals surface area (Å²) in [5, 5.41) is 12.0. The van der Waals surface area contributed by atoms with Gasteiger partial charge in [0.15, 0.2) is 0 Å². The maximum absolute atomic E-state index is 14.6. The van der Waals surface area contributed by atoms with E-state index in [1.807, 2.05) is 0 Å². The van der Waals surface area contributed by atoms with Gasteiger partial charge in [0.25, 0.3) is 0 Å². The molecule has 0 aromatic heterocycles. The number of aliphatic hydroxyl groups is 1. The SMILES string of the molecule is C=CCCC(=O)NC[C@@H](C)OC(=O)[C@@H]1[C@H]2O[C@@]3(CC2Br)[C@H](C(=O)N(CC=C)CCN2CCOCC2)N(CCCCCCO)C(=O)[C@@H]13. The molecular weight excluding hydrogens is 660 g/mol. The van der Waals surface area contributed by atoms with Gasteiger partial charge >= 0.3 is 5.97 Å². The molecule has 4 saturated heterocycles. The number of unbranched alkanes of at least 4 members (excludes halogenated alkanes) is 3. The number of alkyl halides is 1. The van der Waals surface area contributed by atoms with Crippen molar-refractivity contribution in [2.45, 2.75) is 80.5 Å². The van der Waals surface area contributed by atoms with Gasteiger partial charge in [-0.3, -0.25) is 24.1 Å². The Morgan fingerprint density at radius 2 is 1.91 bits per heavy atom. The number of nitrogens with one attached hydrogen (secondary N) is 1. The van der Waals surface area contributed by atoms with Gasteiger partial charge in [0, 0.05) is 57.1 Å². The lowest BCUT2D eigenvalue weighted by Crippen LogP contribution is -2.57. The molecule has 3 amide bonds. The number of hydrogen-bond donors (Lipinski definition) is 2. The molecule has 0 radical (unpaired) electrons. The van der Waals surface area contributed by atoms with Crippen molar-refractivity contribution in [1.82, 2.24) is 20.0 Å². The third-order valence-corrected chi connectivity index (χ3v) is 10.4. The number of ether oxygens (including phenoxy) is 3. The van der Waals surface area contributed by atoms with Crippen LogP contribution in [-0.4, -0.2) is 138 Å². The number of hydrogen-bond acceptors (Lipinski definition) is 9. The van der Waals surface area contributed by atoms with E-state index in [4.69, 9.17) is 14.2 Å². The molecule has 13 heteroatoms. The van der Waals surface area contributed by atoms with Crippen molar-refractivity contribution in [3.63, 3.8) is 0 Å². The summed E-state index contributed by atoms with van der Waals surface area (Å²) in [6.07, 6.45) is 6.32. The summed E-state index contributed by atoms with van der Waals surface area (Å²) < 4.78 is 17.9. The fourth-order valence-electron chi connectivity index (χ4n) is 7.27. The van der Waals surface area contributed by atoms with E-state index < -0.39 is 41.7 Å². The number of allylic oxidation sites excluding steroid dienone is 1. The van der Waals surface area contributed by atoms with Crippen LogP contribution in [0.1, 0.15) is 51.9 Å². The molecule has 2 N–H and O–H groups in total. The predicted molar refractivity (Wildman–Crippen MR) is 175 cm³/mol. The van der Waals surface area contributed by atoms with E-state index >= 15 is 0 Å². The number of morpholine rings is 1. The van der Waals surface area contributed by atoms with Gasteiger partial charge < -0.3 is 34.4 Å². The Kier molecular flexibility index (Phi) is 13.6. The number of rotatable bonds is 19. The second-order valence-corrected chi connectivity index (χ2v) is 13.9. The van der Waals surface area contributed by atoms with Crippen LogP contribution >= 0.6 is 15.9 Å². The predicted octanol–water partition coefficient (Wildman–Crippen LogP) is 1.65. The Labute approximate surface area is 280 Å². The van der Waals surface area contributed by atoms with Gasteiger partial charge in [-0.25, -0.2) is 0 Å². The Morgan fingerprint density at radius 3 is 2.61 bits per heavy atom. The number of carbonyl (C=O) groups excluding carboxylic acids is 4. The van der Waals surface area contributed by atoms with E-state index in [1.54, 1.807) is 28.9 Å². The third-order valence-electron chi connectivity index (χ3n) is 9.53. The minimum Gasteiger partial charge on any atom is -0.460 e. The minimum atomic E-state index is -1.18. The normalized spacial score (nSPS) is 29.3. The Morgan fingerprint density at radius 1 is 1.17 bits per heavy atom. The first kappa shape index (κ1) is 36.5. The first-order chi connectivity index (χ1) is 22.2. The van der Waals surface area contributed by atoms with Crippen molar-refractivity contribution in [2.75, 3.05) is 65.6 Å². The highest BCUT2D eigenvalue weighted by Gasteiger charge is 2.77. The molecule has 0 saturated carbocycles. The van der Waals surface area contributed by atoms with Crippen molar-refractivity contribution in [1.29, 1.82) is 0 Å². The van der Waals surface area contributed by atoms with Gasteiger partial charge in [0.05, 0.1) is 37.7 Å². The molecule has 4 aliphatic rings. The molecule has 2 bridgehead atoms. The monoisotopic (exact) mass is 710 g/mol. The maximum atomic E-state index is 14.6. The number of carbonyl (C=O) groups is 4. The summed E-state index contributed by atoms with van der Waals surface area (Å²) in [6, 6.07) is -0.892. The van der Waals surface area contributed by atoms with E-state index in [9.17, 15) is 24.3 Å². The topological polar surface area (TPSA) is 138 Å². The van der Waals surface area contributed by atoms with E-state index in [-0.39, 0.29) is 35.7 Å². The minimum absolute atomic E-state index is 0.108. The van der Waals surface area contributed by atoms with Gasteiger partial charge in [0.1, 0.15) is 17.7 Å². The highest BCUT2D eigenvalue weighted by molar-refractivity contribution is 9.09. The molecule has 258 valence electrons.